The van der Waals surface area contributed by atoms with E-state index in [4.69, 9.17) is 21.1 Å². The number of benzene rings is 5. The summed E-state index contributed by atoms with van der Waals surface area (Å²) in [4.78, 5) is 0. The molecule has 5 rings (SSSR count). The van der Waals surface area contributed by atoms with Crippen LogP contribution in [0.25, 0.3) is 0 Å². The average molecular weight is 539 g/mol. The van der Waals surface area contributed by atoms with Gasteiger partial charge in [0.05, 0.1) is 6.61 Å². The number of halogens is 1. The van der Waals surface area contributed by atoms with Crippen LogP contribution < -0.4 is 25.4 Å². The van der Waals surface area contributed by atoms with Crippen molar-refractivity contribution < 1.29 is 9.47 Å². The van der Waals surface area contributed by atoms with Gasteiger partial charge in [0.25, 0.3) is 0 Å². The zero-order valence-electron chi connectivity index (χ0n) is 21.5. The fourth-order valence-electron chi connectivity index (χ4n) is 3.94. The van der Waals surface area contributed by atoms with Crippen LogP contribution in [0.1, 0.15) is 18.1 Å². The highest BCUT2D eigenvalue weighted by Crippen LogP contribution is 2.32. The van der Waals surface area contributed by atoms with E-state index < -0.39 is 7.92 Å². The van der Waals surface area contributed by atoms with Gasteiger partial charge in [-0.1, -0.05) is 127 Å². The van der Waals surface area contributed by atoms with Gasteiger partial charge < -0.3 is 9.47 Å². The molecule has 0 aliphatic heterocycles. The van der Waals surface area contributed by atoms with Crippen molar-refractivity contribution in [3.8, 4) is 11.5 Å². The largest absolute Gasteiger partial charge is 0.490 e. The molecular weight excluding hydrogens is 507 g/mol. The second kappa shape index (κ2) is 15.0. The Hall–Kier alpha value is -3.58. The standard InChI is InChI=1S/C18H15P.C16H17ClO2/c1-4-10-16(11-5-1)19(17-12-6-2-7-13-17)18-14-8-3-9-15-18;1-2-18-15-9-8-14(11-17)10-16(15)19-12-13-6-4-3-5-7-13/h1-15H;3-10H,2,11-12H2,1H3. The summed E-state index contributed by atoms with van der Waals surface area (Å²) < 4.78 is 11.4. The molecule has 4 heteroatoms. The van der Waals surface area contributed by atoms with Crippen molar-refractivity contribution >= 4 is 35.4 Å². The van der Waals surface area contributed by atoms with Gasteiger partial charge in [-0.05, 0) is 54.0 Å². The molecule has 0 aromatic heterocycles. The molecule has 0 atom stereocenters. The number of hydrogen-bond donors (Lipinski definition) is 0. The fraction of sp³-hybridized carbons (Fsp3) is 0.118. The zero-order valence-corrected chi connectivity index (χ0v) is 23.2. The van der Waals surface area contributed by atoms with Crippen molar-refractivity contribution in [3.05, 3.63) is 151 Å². The van der Waals surface area contributed by atoms with Crippen molar-refractivity contribution in [3.63, 3.8) is 0 Å². The fourth-order valence-corrected chi connectivity index (χ4v) is 6.41. The molecule has 0 aliphatic carbocycles. The van der Waals surface area contributed by atoms with E-state index in [1.807, 2.05) is 55.5 Å². The molecule has 0 spiro atoms. The Morgan fingerprint density at radius 3 is 1.45 bits per heavy atom. The number of rotatable bonds is 9. The van der Waals surface area contributed by atoms with Gasteiger partial charge >= 0.3 is 0 Å². The smallest absolute Gasteiger partial charge is 0.161 e. The Kier molecular flexibility index (Phi) is 10.8. The summed E-state index contributed by atoms with van der Waals surface area (Å²) in [5, 5.41) is 4.19. The molecule has 2 nitrogen and oxygen atoms in total. The normalized spacial score (nSPS) is 10.4. The Morgan fingerprint density at radius 1 is 0.526 bits per heavy atom. The Morgan fingerprint density at radius 2 is 1.00 bits per heavy atom. The van der Waals surface area contributed by atoms with Gasteiger partial charge in [-0.25, -0.2) is 0 Å². The van der Waals surface area contributed by atoms with E-state index in [0.717, 1.165) is 22.6 Å². The van der Waals surface area contributed by atoms with Gasteiger partial charge in [0.15, 0.2) is 11.5 Å². The first-order valence-corrected chi connectivity index (χ1v) is 14.6. The molecule has 0 amide bonds. The summed E-state index contributed by atoms with van der Waals surface area (Å²) in [5.74, 6) is 1.96. The van der Waals surface area contributed by atoms with Crippen LogP contribution in [0.4, 0.5) is 0 Å². The lowest BCUT2D eigenvalue weighted by molar-refractivity contribution is 0.269. The Balaban J connectivity index is 0.000000177. The maximum absolute atomic E-state index is 5.85. The summed E-state index contributed by atoms with van der Waals surface area (Å²) in [6.07, 6.45) is 0. The van der Waals surface area contributed by atoms with Crippen LogP contribution in [-0.2, 0) is 12.5 Å². The predicted molar refractivity (Wildman–Crippen MR) is 163 cm³/mol. The van der Waals surface area contributed by atoms with Gasteiger partial charge in [0.1, 0.15) is 6.61 Å². The molecule has 0 saturated heterocycles. The molecule has 0 aliphatic rings. The molecule has 0 heterocycles. The summed E-state index contributed by atoms with van der Waals surface area (Å²) in [7, 11) is -0.446. The Bertz CT molecular complexity index is 1250. The maximum Gasteiger partial charge on any atom is 0.161 e. The van der Waals surface area contributed by atoms with Gasteiger partial charge in [-0.15, -0.1) is 11.6 Å². The van der Waals surface area contributed by atoms with E-state index >= 15 is 0 Å². The van der Waals surface area contributed by atoms with Gasteiger partial charge in [-0.3, -0.25) is 0 Å². The average Bonchev–Trinajstić information content (AvgIpc) is 2.99. The van der Waals surface area contributed by atoms with Crippen LogP contribution in [0.3, 0.4) is 0 Å². The number of alkyl halides is 1. The van der Waals surface area contributed by atoms with Gasteiger partial charge in [0.2, 0.25) is 0 Å². The first kappa shape index (κ1) is 27.5. The van der Waals surface area contributed by atoms with E-state index in [-0.39, 0.29) is 0 Å². The van der Waals surface area contributed by atoms with Crippen molar-refractivity contribution in [2.24, 2.45) is 0 Å². The van der Waals surface area contributed by atoms with Crippen LogP contribution >= 0.6 is 19.5 Å². The van der Waals surface area contributed by atoms with Crippen LogP contribution in [0, 0.1) is 0 Å². The maximum atomic E-state index is 5.85. The summed E-state index contributed by atoms with van der Waals surface area (Å²) >= 11 is 5.85. The molecule has 0 radical (unpaired) electrons. The minimum absolute atomic E-state index is 0.446. The van der Waals surface area contributed by atoms with Crippen LogP contribution in [-0.4, -0.2) is 6.61 Å². The van der Waals surface area contributed by atoms with Crippen LogP contribution in [0.2, 0.25) is 0 Å². The van der Waals surface area contributed by atoms with Gasteiger partial charge in [0, 0.05) is 5.88 Å². The van der Waals surface area contributed by atoms with Crippen molar-refractivity contribution in [2.45, 2.75) is 19.4 Å². The van der Waals surface area contributed by atoms with Crippen molar-refractivity contribution in [2.75, 3.05) is 6.61 Å². The second-order valence-electron chi connectivity index (χ2n) is 8.46. The third-order valence-corrected chi connectivity index (χ3v) is 8.49. The lowest BCUT2D eigenvalue weighted by Crippen LogP contribution is -2.20. The molecule has 5 aromatic carbocycles. The lowest BCUT2D eigenvalue weighted by atomic mass is 10.2. The first-order valence-electron chi connectivity index (χ1n) is 12.7. The second-order valence-corrected chi connectivity index (χ2v) is 11.0. The predicted octanol–water partition coefficient (Wildman–Crippen LogP) is 7.85. The van der Waals surface area contributed by atoms with E-state index in [9.17, 15) is 0 Å². The summed E-state index contributed by atoms with van der Waals surface area (Å²) in [6, 6.07) is 48.2. The molecule has 0 unspecified atom stereocenters. The van der Waals surface area contributed by atoms with E-state index in [2.05, 4.69) is 91.0 Å². The third-order valence-electron chi connectivity index (χ3n) is 5.74. The lowest BCUT2D eigenvalue weighted by Gasteiger charge is -2.18. The van der Waals surface area contributed by atoms with E-state index in [1.54, 1.807) is 0 Å². The van der Waals surface area contributed by atoms with Crippen LogP contribution in [0.15, 0.2) is 140 Å². The summed E-state index contributed by atoms with van der Waals surface area (Å²) in [6.45, 7) is 3.09. The molecule has 38 heavy (non-hydrogen) atoms. The topological polar surface area (TPSA) is 18.5 Å². The monoisotopic (exact) mass is 538 g/mol. The molecule has 0 fully saturated rings. The quantitative estimate of drug-likeness (QED) is 0.140. The highest BCUT2D eigenvalue weighted by Gasteiger charge is 2.15. The first-order chi connectivity index (χ1) is 18.8. The molecule has 0 N–H and O–H groups in total. The molecule has 0 saturated carbocycles. The third kappa shape index (κ3) is 7.96. The van der Waals surface area contributed by atoms with Crippen molar-refractivity contribution in [1.82, 2.24) is 0 Å². The van der Waals surface area contributed by atoms with Gasteiger partial charge in [-0.2, -0.15) is 0 Å². The number of ether oxygens (including phenoxy) is 2. The zero-order chi connectivity index (χ0) is 26.4. The SMILES string of the molecule is CCOc1ccc(CCl)cc1OCc1ccccc1.c1ccc(P(c2ccccc2)c2ccccc2)cc1. The van der Waals surface area contributed by atoms with Crippen LogP contribution in [0.5, 0.6) is 11.5 Å². The molecule has 192 valence electrons. The van der Waals surface area contributed by atoms with E-state index in [1.165, 1.54) is 15.9 Å². The molecule has 5 aromatic rings. The minimum atomic E-state index is -0.446. The Labute approximate surface area is 232 Å². The molecule has 0 bridgehead atoms. The van der Waals surface area contributed by atoms with Crippen molar-refractivity contribution in [1.29, 1.82) is 0 Å². The number of hydrogen-bond acceptors (Lipinski definition) is 2. The van der Waals surface area contributed by atoms with E-state index in [0.29, 0.717) is 19.1 Å². The highest BCUT2D eigenvalue weighted by molar-refractivity contribution is 7.79. The summed E-state index contributed by atoms with van der Waals surface area (Å²) in [5.41, 5.74) is 2.15. The minimum Gasteiger partial charge on any atom is -0.490 e. The molecular formula is C34H32ClO2P. The highest BCUT2D eigenvalue weighted by atomic mass is 35.5.